The van der Waals surface area contributed by atoms with Crippen molar-refractivity contribution >= 4 is 5.97 Å². The molecule has 1 aromatic carbocycles. The van der Waals surface area contributed by atoms with Crippen molar-refractivity contribution in [3.05, 3.63) is 48.0 Å². The van der Waals surface area contributed by atoms with Gasteiger partial charge in [-0.05, 0) is 43.1 Å². The van der Waals surface area contributed by atoms with Crippen LogP contribution in [0.4, 0.5) is 0 Å². The first-order chi connectivity index (χ1) is 13.0. The molecule has 148 valence electrons. The molecule has 6 atom stereocenters. The van der Waals surface area contributed by atoms with Gasteiger partial charge >= 0.3 is 5.97 Å². The lowest BCUT2D eigenvalue weighted by molar-refractivity contribution is -0.137. The quantitative estimate of drug-likeness (QED) is 0.457. The summed E-state index contributed by atoms with van der Waals surface area (Å²) in [4.78, 5) is 10.6. The van der Waals surface area contributed by atoms with Crippen LogP contribution in [0.15, 0.2) is 42.5 Å². The van der Waals surface area contributed by atoms with E-state index in [0.29, 0.717) is 31.3 Å². The highest BCUT2D eigenvalue weighted by Gasteiger charge is 2.47. The fourth-order valence-electron chi connectivity index (χ4n) is 4.66. The van der Waals surface area contributed by atoms with Crippen molar-refractivity contribution in [2.45, 2.75) is 56.8 Å². The third kappa shape index (κ3) is 5.64. The summed E-state index contributed by atoms with van der Waals surface area (Å²) in [7, 11) is 0. The van der Waals surface area contributed by atoms with Crippen molar-refractivity contribution in [3.8, 4) is 0 Å². The van der Waals surface area contributed by atoms with E-state index < -0.39 is 12.1 Å². The van der Waals surface area contributed by atoms with Crippen LogP contribution < -0.4 is 0 Å². The Hall–Kier alpha value is -1.69. The van der Waals surface area contributed by atoms with Crippen LogP contribution in [0.5, 0.6) is 0 Å². The molecular weight excluding hydrogens is 344 g/mol. The molecule has 0 saturated heterocycles. The third-order valence-electron chi connectivity index (χ3n) is 5.92. The fourth-order valence-corrected chi connectivity index (χ4v) is 4.66. The van der Waals surface area contributed by atoms with Crippen LogP contribution in [0.1, 0.15) is 37.7 Å². The Bertz CT molecular complexity index is 629. The van der Waals surface area contributed by atoms with E-state index in [2.05, 4.69) is 0 Å². The average Bonchev–Trinajstić information content (AvgIpc) is 3.14. The van der Waals surface area contributed by atoms with Crippen molar-refractivity contribution in [2.75, 3.05) is 6.61 Å². The van der Waals surface area contributed by atoms with Crippen molar-refractivity contribution in [1.29, 1.82) is 0 Å². The third-order valence-corrected chi connectivity index (χ3v) is 5.92. The summed E-state index contributed by atoms with van der Waals surface area (Å²) in [6, 6.07) is 9.89. The van der Waals surface area contributed by atoms with E-state index in [9.17, 15) is 15.0 Å². The molecule has 2 aliphatic carbocycles. The van der Waals surface area contributed by atoms with Crippen LogP contribution in [0.3, 0.4) is 0 Å². The first kappa shape index (κ1) is 20.1. The molecule has 2 saturated carbocycles. The summed E-state index contributed by atoms with van der Waals surface area (Å²) in [5.74, 6) is 0.104. The summed E-state index contributed by atoms with van der Waals surface area (Å²) in [6.45, 7) is 0.481. The number of aliphatic carboxylic acids is 1. The lowest BCUT2D eigenvalue weighted by atomic mass is 9.90. The number of ether oxygens (including phenoxy) is 1. The Morgan fingerprint density at radius 3 is 2.74 bits per heavy atom. The number of carboxylic acids is 1. The highest BCUT2D eigenvalue weighted by atomic mass is 16.5. The van der Waals surface area contributed by atoms with Gasteiger partial charge in [-0.25, -0.2) is 0 Å². The maximum Gasteiger partial charge on any atom is 0.303 e. The van der Waals surface area contributed by atoms with Crippen LogP contribution in [0, 0.1) is 17.8 Å². The van der Waals surface area contributed by atoms with Crippen molar-refractivity contribution in [2.24, 2.45) is 17.8 Å². The lowest BCUT2D eigenvalue weighted by Gasteiger charge is -2.19. The molecule has 2 fully saturated rings. The van der Waals surface area contributed by atoms with Gasteiger partial charge in [0.2, 0.25) is 0 Å². The smallest absolute Gasteiger partial charge is 0.303 e. The Morgan fingerprint density at radius 2 is 2.00 bits per heavy atom. The van der Waals surface area contributed by atoms with Gasteiger partial charge < -0.3 is 20.1 Å². The molecule has 0 radical (unpaired) electrons. The van der Waals surface area contributed by atoms with Gasteiger partial charge in [0, 0.05) is 25.4 Å². The molecule has 2 aliphatic rings. The molecule has 0 amide bonds. The molecule has 0 heterocycles. The maximum atomic E-state index is 10.6. The van der Waals surface area contributed by atoms with Crippen LogP contribution in [-0.4, -0.2) is 46.2 Å². The van der Waals surface area contributed by atoms with Gasteiger partial charge in [0.25, 0.3) is 0 Å². The minimum Gasteiger partial charge on any atom is -0.481 e. The van der Waals surface area contributed by atoms with Crippen LogP contribution in [0.2, 0.25) is 0 Å². The standard InChI is InChI=1S/C22H30O5/c23-17(11-15-5-2-1-3-6-15)8-9-19-20-14-18(12-16(20)13-21(19)24)27-10-4-7-22(25)26/h1-3,5-6,8-9,16-21,23-24H,4,7,10-14H2,(H,25,26)/t16-,17?,18?,19-,20+,21-/m0/s1. The van der Waals surface area contributed by atoms with E-state index in [1.807, 2.05) is 42.5 Å². The predicted octanol–water partition coefficient (Wildman–Crippen LogP) is 2.80. The first-order valence-electron chi connectivity index (χ1n) is 9.94. The lowest BCUT2D eigenvalue weighted by Crippen LogP contribution is -2.20. The highest BCUT2D eigenvalue weighted by molar-refractivity contribution is 5.66. The molecule has 0 aromatic heterocycles. The zero-order valence-corrected chi connectivity index (χ0v) is 15.6. The molecule has 3 rings (SSSR count). The molecule has 1 aromatic rings. The second-order valence-corrected chi connectivity index (χ2v) is 7.91. The number of carbonyl (C=O) groups is 1. The minimum atomic E-state index is -0.788. The molecule has 0 spiro atoms. The summed E-state index contributed by atoms with van der Waals surface area (Å²) in [5, 5.41) is 29.4. The molecule has 2 unspecified atom stereocenters. The van der Waals surface area contributed by atoms with E-state index in [4.69, 9.17) is 9.84 Å². The number of hydrogen-bond donors (Lipinski definition) is 3. The second-order valence-electron chi connectivity index (χ2n) is 7.91. The zero-order chi connectivity index (χ0) is 19.2. The number of aliphatic hydroxyl groups is 2. The fraction of sp³-hybridized carbons (Fsp3) is 0.591. The van der Waals surface area contributed by atoms with Gasteiger partial charge in [-0.2, -0.15) is 0 Å². The van der Waals surface area contributed by atoms with Crippen LogP contribution in [0.25, 0.3) is 0 Å². The SMILES string of the molecule is O=C(O)CCCOC1C[C@H]2C[C@H](O)[C@@H](C=CC(O)Cc3ccccc3)[C@@H]2C1. The summed E-state index contributed by atoms with van der Waals surface area (Å²) >= 11 is 0. The molecule has 5 nitrogen and oxygen atoms in total. The van der Waals surface area contributed by atoms with Gasteiger partial charge in [0.1, 0.15) is 0 Å². The maximum absolute atomic E-state index is 10.6. The summed E-state index contributed by atoms with van der Waals surface area (Å²) in [5.41, 5.74) is 1.09. The summed E-state index contributed by atoms with van der Waals surface area (Å²) in [6.07, 6.45) is 6.95. The molecular formula is C22H30O5. The van der Waals surface area contributed by atoms with Gasteiger partial charge in [0.05, 0.1) is 18.3 Å². The van der Waals surface area contributed by atoms with E-state index in [-0.39, 0.29) is 24.5 Å². The number of benzene rings is 1. The topological polar surface area (TPSA) is 87.0 Å². The summed E-state index contributed by atoms with van der Waals surface area (Å²) < 4.78 is 5.86. The minimum absolute atomic E-state index is 0.0630. The normalized spacial score (nSPS) is 31.3. The Labute approximate surface area is 160 Å². The highest BCUT2D eigenvalue weighted by Crippen LogP contribution is 2.49. The van der Waals surface area contributed by atoms with Crippen LogP contribution >= 0.6 is 0 Å². The number of carboxylic acid groups (broad SMARTS) is 1. The van der Waals surface area contributed by atoms with Crippen molar-refractivity contribution in [3.63, 3.8) is 0 Å². The van der Waals surface area contributed by atoms with Crippen molar-refractivity contribution in [1.82, 2.24) is 0 Å². The Kier molecular flexibility index (Phi) is 7.05. The van der Waals surface area contributed by atoms with E-state index >= 15 is 0 Å². The van der Waals surface area contributed by atoms with Crippen LogP contribution in [-0.2, 0) is 16.0 Å². The number of fused-ring (bicyclic) bond motifs is 1. The molecule has 0 aliphatic heterocycles. The monoisotopic (exact) mass is 374 g/mol. The van der Waals surface area contributed by atoms with E-state index in [1.54, 1.807) is 0 Å². The number of rotatable bonds is 9. The Morgan fingerprint density at radius 1 is 1.22 bits per heavy atom. The molecule has 0 bridgehead atoms. The van der Waals surface area contributed by atoms with E-state index in [0.717, 1.165) is 24.8 Å². The largest absolute Gasteiger partial charge is 0.481 e. The number of aliphatic hydroxyl groups excluding tert-OH is 2. The van der Waals surface area contributed by atoms with E-state index in [1.165, 1.54) is 0 Å². The molecule has 3 N–H and O–H groups in total. The second kappa shape index (κ2) is 9.49. The molecule has 5 heteroatoms. The number of hydrogen-bond acceptors (Lipinski definition) is 4. The zero-order valence-electron chi connectivity index (χ0n) is 15.6. The van der Waals surface area contributed by atoms with Gasteiger partial charge in [0.15, 0.2) is 0 Å². The van der Waals surface area contributed by atoms with Crippen molar-refractivity contribution < 1.29 is 24.9 Å². The predicted molar refractivity (Wildman–Crippen MR) is 102 cm³/mol. The average molecular weight is 374 g/mol. The van der Waals surface area contributed by atoms with Gasteiger partial charge in [-0.15, -0.1) is 0 Å². The molecule has 27 heavy (non-hydrogen) atoms. The Balaban J connectivity index is 1.48. The van der Waals surface area contributed by atoms with Gasteiger partial charge in [-0.1, -0.05) is 42.5 Å². The van der Waals surface area contributed by atoms with Gasteiger partial charge in [-0.3, -0.25) is 4.79 Å². The first-order valence-corrected chi connectivity index (χ1v) is 9.94.